The third-order valence-electron chi connectivity index (χ3n) is 1.82. The van der Waals surface area contributed by atoms with E-state index in [9.17, 15) is 4.79 Å². The first kappa shape index (κ1) is 9.43. The van der Waals surface area contributed by atoms with Crippen LogP contribution in [-0.4, -0.2) is 16.1 Å². The monoisotopic (exact) mass is 227 g/mol. The minimum atomic E-state index is -1.00. The number of hydrogen-bond donors (Lipinski definition) is 1. The largest absolute Gasteiger partial charge is 0.477 e. The summed E-state index contributed by atoms with van der Waals surface area (Å²) in [6, 6.07) is 1.84. The molecule has 0 saturated carbocycles. The second-order valence-corrected chi connectivity index (χ2v) is 4.29. The molecule has 0 aliphatic rings. The van der Waals surface area contributed by atoms with Crippen molar-refractivity contribution in [1.29, 1.82) is 0 Å². The Hall–Kier alpha value is -1.13. The number of fused-ring (bicyclic) bond motifs is 1. The fourth-order valence-electron chi connectivity index (χ4n) is 1.20. The van der Waals surface area contributed by atoms with Crippen molar-refractivity contribution in [3.05, 3.63) is 27.7 Å². The van der Waals surface area contributed by atoms with Crippen LogP contribution in [0.5, 0.6) is 0 Å². The van der Waals surface area contributed by atoms with Gasteiger partial charge in [-0.15, -0.1) is 11.3 Å². The summed E-state index contributed by atoms with van der Waals surface area (Å²) in [7, 11) is 0. The van der Waals surface area contributed by atoms with E-state index in [4.69, 9.17) is 16.7 Å². The summed E-state index contributed by atoms with van der Waals surface area (Å²) in [5.74, 6) is -1.00. The molecule has 0 bridgehead atoms. The molecule has 0 spiro atoms. The third-order valence-corrected chi connectivity index (χ3v) is 3.42. The molecule has 0 aliphatic carbocycles. The molecule has 2 heterocycles. The van der Waals surface area contributed by atoms with Gasteiger partial charge in [-0.05, 0) is 18.6 Å². The first-order valence-corrected chi connectivity index (χ1v) is 5.07. The lowest BCUT2D eigenvalue weighted by Crippen LogP contribution is -1.91. The van der Waals surface area contributed by atoms with Gasteiger partial charge in [0.25, 0.3) is 0 Å². The lowest BCUT2D eigenvalue weighted by molar-refractivity contribution is 0.0702. The first-order chi connectivity index (χ1) is 6.59. The molecular formula is C9H6ClNO2S. The average molecular weight is 228 g/mol. The lowest BCUT2D eigenvalue weighted by Gasteiger charge is -1.91. The van der Waals surface area contributed by atoms with Crippen LogP contribution in [0.1, 0.15) is 15.2 Å². The number of carboxylic acids is 1. The van der Waals surface area contributed by atoms with Crippen LogP contribution in [0.2, 0.25) is 5.02 Å². The van der Waals surface area contributed by atoms with E-state index in [1.807, 2.05) is 13.0 Å². The zero-order valence-electron chi connectivity index (χ0n) is 7.24. The second-order valence-electron chi connectivity index (χ2n) is 2.92. The molecule has 0 saturated heterocycles. The molecule has 14 heavy (non-hydrogen) atoms. The summed E-state index contributed by atoms with van der Waals surface area (Å²) in [5, 5.41) is 9.84. The van der Waals surface area contributed by atoms with Crippen LogP contribution in [0.25, 0.3) is 10.2 Å². The van der Waals surface area contributed by atoms with E-state index in [1.54, 1.807) is 6.20 Å². The highest BCUT2D eigenvalue weighted by Gasteiger charge is 2.16. The predicted molar refractivity (Wildman–Crippen MR) is 56.3 cm³/mol. The number of rotatable bonds is 1. The van der Waals surface area contributed by atoms with Gasteiger partial charge >= 0.3 is 5.97 Å². The molecule has 3 nitrogen and oxygen atoms in total. The number of hydrogen-bond acceptors (Lipinski definition) is 3. The number of thiophene rings is 1. The van der Waals surface area contributed by atoms with Crippen LogP contribution in [0.15, 0.2) is 12.3 Å². The molecule has 0 aromatic carbocycles. The molecule has 72 valence electrons. The van der Waals surface area contributed by atoms with Gasteiger partial charge < -0.3 is 5.11 Å². The Balaban J connectivity index is 2.80. The van der Waals surface area contributed by atoms with Crippen molar-refractivity contribution in [2.45, 2.75) is 6.92 Å². The normalized spacial score (nSPS) is 10.7. The van der Waals surface area contributed by atoms with E-state index in [0.29, 0.717) is 10.2 Å². The summed E-state index contributed by atoms with van der Waals surface area (Å²) in [6.45, 7) is 1.89. The van der Waals surface area contributed by atoms with Gasteiger partial charge in [0.05, 0.1) is 5.02 Å². The van der Waals surface area contributed by atoms with Crippen molar-refractivity contribution in [2.24, 2.45) is 0 Å². The van der Waals surface area contributed by atoms with Crippen LogP contribution >= 0.6 is 22.9 Å². The van der Waals surface area contributed by atoms with Crippen LogP contribution < -0.4 is 0 Å². The molecule has 0 amide bonds. The molecule has 0 fully saturated rings. The van der Waals surface area contributed by atoms with Crippen molar-refractivity contribution in [2.75, 3.05) is 0 Å². The van der Waals surface area contributed by atoms with Gasteiger partial charge in [-0.25, -0.2) is 9.78 Å². The lowest BCUT2D eigenvalue weighted by atomic mass is 10.2. The van der Waals surface area contributed by atoms with E-state index in [1.165, 1.54) is 0 Å². The van der Waals surface area contributed by atoms with Gasteiger partial charge in [-0.1, -0.05) is 11.6 Å². The van der Waals surface area contributed by atoms with Gasteiger partial charge in [0.2, 0.25) is 0 Å². The maximum Gasteiger partial charge on any atom is 0.347 e. The highest BCUT2D eigenvalue weighted by atomic mass is 35.5. The van der Waals surface area contributed by atoms with E-state index in [2.05, 4.69) is 4.98 Å². The number of halogens is 1. The van der Waals surface area contributed by atoms with Gasteiger partial charge in [-0.3, -0.25) is 0 Å². The summed E-state index contributed by atoms with van der Waals surface area (Å²) < 4.78 is 0. The zero-order chi connectivity index (χ0) is 10.3. The minimum absolute atomic E-state index is 0.153. The second kappa shape index (κ2) is 3.22. The molecule has 0 atom stereocenters. The Morgan fingerprint density at radius 1 is 1.64 bits per heavy atom. The number of carbonyl (C=O) groups is 1. The van der Waals surface area contributed by atoms with Crippen LogP contribution in [0, 0.1) is 6.92 Å². The molecule has 5 heteroatoms. The van der Waals surface area contributed by atoms with Crippen molar-refractivity contribution < 1.29 is 9.90 Å². The number of pyridine rings is 1. The minimum Gasteiger partial charge on any atom is -0.477 e. The molecule has 2 rings (SSSR count). The van der Waals surface area contributed by atoms with Gasteiger partial charge in [0.1, 0.15) is 9.71 Å². The van der Waals surface area contributed by atoms with E-state index in [-0.39, 0.29) is 9.90 Å². The van der Waals surface area contributed by atoms with Crippen molar-refractivity contribution in [1.82, 2.24) is 4.98 Å². The predicted octanol–water partition coefficient (Wildman–Crippen LogP) is 2.96. The molecule has 0 aliphatic heterocycles. The maximum absolute atomic E-state index is 10.8. The highest BCUT2D eigenvalue weighted by Crippen LogP contribution is 2.34. The number of aryl methyl sites for hydroxylation is 1. The number of carboxylic acid groups (broad SMARTS) is 1. The molecule has 0 radical (unpaired) electrons. The van der Waals surface area contributed by atoms with Crippen LogP contribution in [0.3, 0.4) is 0 Å². The standard InChI is InChI=1S/C9H6ClNO2S/c1-4-2-5-6(10)7(9(12)13)14-8(5)11-3-4/h2-3H,1H3,(H,12,13). The molecule has 1 N–H and O–H groups in total. The quantitative estimate of drug-likeness (QED) is 0.815. The molecular weight excluding hydrogens is 222 g/mol. The fourth-order valence-corrected chi connectivity index (χ4v) is 2.45. The Kier molecular flexibility index (Phi) is 2.17. The summed E-state index contributed by atoms with van der Waals surface area (Å²) in [4.78, 5) is 15.7. The summed E-state index contributed by atoms with van der Waals surface area (Å²) in [6.07, 6.45) is 1.70. The van der Waals surface area contributed by atoms with Crippen molar-refractivity contribution in [3.8, 4) is 0 Å². The Labute approximate surface area is 89.0 Å². The summed E-state index contributed by atoms with van der Waals surface area (Å²) >= 11 is 7.01. The van der Waals surface area contributed by atoms with Crippen molar-refractivity contribution in [3.63, 3.8) is 0 Å². The first-order valence-electron chi connectivity index (χ1n) is 3.87. The Bertz CT molecular complexity index is 521. The smallest absolute Gasteiger partial charge is 0.347 e. The van der Waals surface area contributed by atoms with E-state index >= 15 is 0 Å². The fraction of sp³-hybridized carbons (Fsp3) is 0.111. The molecule has 2 aromatic rings. The number of aromatic carboxylic acids is 1. The highest BCUT2D eigenvalue weighted by molar-refractivity contribution is 7.21. The Morgan fingerprint density at radius 2 is 2.36 bits per heavy atom. The number of aromatic nitrogens is 1. The SMILES string of the molecule is Cc1cnc2sc(C(=O)O)c(Cl)c2c1. The average Bonchev–Trinajstić information content (AvgIpc) is 2.44. The van der Waals surface area contributed by atoms with Gasteiger partial charge in [0, 0.05) is 11.6 Å². The molecule has 0 unspecified atom stereocenters. The topological polar surface area (TPSA) is 50.2 Å². The summed E-state index contributed by atoms with van der Waals surface area (Å²) in [5.41, 5.74) is 0.967. The zero-order valence-corrected chi connectivity index (χ0v) is 8.82. The van der Waals surface area contributed by atoms with E-state index in [0.717, 1.165) is 16.9 Å². The number of nitrogens with zero attached hydrogens (tertiary/aromatic N) is 1. The molecule has 2 aromatic heterocycles. The van der Waals surface area contributed by atoms with Crippen LogP contribution in [0.4, 0.5) is 0 Å². The van der Waals surface area contributed by atoms with Crippen LogP contribution in [-0.2, 0) is 0 Å². The van der Waals surface area contributed by atoms with E-state index < -0.39 is 5.97 Å². The van der Waals surface area contributed by atoms with Gasteiger partial charge in [-0.2, -0.15) is 0 Å². The van der Waals surface area contributed by atoms with Crippen molar-refractivity contribution >= 4 is 39.1 Å². The Morgan fingerprint density at radius 3 is 3.00 bits per heavy atom. The van der Waals surface area contributed by atoms with Gasteiger partial charge in [0.15, 0.2) is 0 Å². The maximum atomic E-state index is 10.8. The third kappa shape index (κ3) is 1.36.